The Bertz CT molecular complexity index is 493. The van der Waals surface area contributed by atoms with Gasteiger partial charge in [0.1, 0.15) is 0 Å². The molecule has 4 nitrogen and oxygen atoms in total. The molecule has 0 atom stereocenters. The number of hydrogen-bond donors (Lipinski definition) is 1. The van der Waals surface area contributed by atoms with E-state index in [-0.39, 0.29) is 0 Å². The van der Waals surface area contributed by atoms with E-state index in [4.69, 9.17) is 10.3 Å². The number of nitrogens with two attached hydrogens (primary N) is 1. The van der Waals surface area contributed by atoms with E-state index in [1.807, 2.05) is 24.3 Å². The molecule has 96 valence electrons. The van der Waals surface area contributed by atoms with E-state index in [0.717, 1.165) is 18.4 Å². The number of benzene rings is 1. The molecule has 0 saturated carbocycles. The Morgan fingerprint density at radius 3 is 2.89 bits per heavy atom. The second kappa shape index (κ2) is 6.19. The zero-order valence-electron chi connectivity index (χ0n) is 10.7. The molecule has 0 aliphatic carbocycles. The fraction of sp³-hybridized carbons (Fsp3) is 0.429. The van der Waals surface area contributed by atoms with Crippen molar-refractivity contribution in [1.82, 2.24) is 10.1 Å². The molecule has 2 N–H and O–H groups in total. The lowest BCUT2D eigenvalue weighted by molar-refractivity contribution is 0.374. The van der Waals surface area contributed by atoms with Crippen LogP contribution in [0.1, 0.15) is 38.5 Å². The van der Waals surface area contributed by atoms with Crippen LogP contribution in [0, 0.1) is 0 Å². The maximum absolute atomic E-state index is 5.73. The summed E-state index contributed by atoms with van der Waals surface area (Å²) in [4.78, 5) is 4.39. The van der Waals surface area contributed by atoms with Gasteiger partial charge in [-0.2, -0.15) is 4.98 Å². The van der Waals surface area contributed by atoms with Gasteiger partial charge in [0.25, 0.3) is 0 Å². The highest BCUT2D eigenvalue weighted by Gasteiger charge is 2.08. The van der Waals surface area contributed by atoms with Crippen molar-refractivity contribution < 1.29 is 4.52 Å². The molecule has 0 saturated heterocycles. The van der Waals surface area contributed by atoms with Gasteiger partial charge < -0.3 is 10.3 Å². The van der Waals surface area contributed by atoms with Crippen molar-refractivity contribution in [2.24, 2.45) is 0 Å². The molecule has 0 aliphatic rings. The first-order chi connectivity index (χ1) is 8.79. The third-order valence-corrected chi connectivity index (χ3v) is 2.86. The smallest absolute Gasteiger partial charge is 0.226 e. The van der Waals surface area contributed by atoms with Crippen LogP contribution < -0.4 is 5.73 Å². The van der Waals surface area contributed by atoms with E-state index in [0.29, 0.717) is 17.4 Å². The van der Waals surface area contributed by atoms with Crippen molar-refractivity contribution in [3.05, 3.63) is 30.2 Å². The van der Waals surface area contributed by atoms with Crippen LogP contribution in [-0.2, 0) is 6.42 Å². The molecule has 0 radical (unpaired) electrons. The summed E-state index contributed by atoms with van der Waals surface area (Å²) in [6, 6.07) is 7.52. The molecule has 18 heavy (non-hydrogen) atoms. The summed E-state index contributed by atoms with van der Waals surface area (Å²) in [5, 5.41) is 3.98. The van der Waals surface area contributed by atoms with Crippen LogP contribution in [0.25, 0.3) is 11.4 Å². The summed E-state index contributed by atoms with van der Waals surface area (Å²) >= 11 is 0. The van der Waals surface area contributed by atoms with Crippen molar-refractivity contribution in [3.63, 3.8) is 0 Å². The first kappa shape index (κ1) is 12.6. The van der Waals surface area contributed by atoms with Gasteiger partial charge in [0.05, 0.1) is 0 Å². The van der Waals surface area contributed by atoms with Crippen molar-refractivity contribution in [2.45, 2.75) is 39.0 Å². The lowest BCUT2D eigenvalue weighted by Crippen LogP contribution is -1.88. The molecule has 0 fully saturated rings. The van der Waals surface area contributed by atoms with Gasteiger partial charge in [-0.05, 0) is 18.6 Å². The minimum Gasteiger partial charge on any atom is -0.399 e. The fourth-order valence-corrected chi connectivity index (χ4v) is 1.85. The summed E-state index contributed by atoms with van der Waals surface area (Å²) in [6.07, 6.45) is 5.67. The molecule has 2 aromatic rings. The predicted molar refractivity (Wildman–Crippen MR) is 72.0 cm³/mol. The second-order valence-electron chi connectivity index (χ2n) is 4.45. The lowest BCUT2D eigenvalue weighted by Gasteiger charge is -1.95. The minimum atomic E-state index is 0.618. The molecule has 1 heterocycles. The van der Waals surface area contributed by atoms with Gasteiger partial charge in [-0.3, -0.25) is 0 Å². The van der Waals surface area contributed by atoms with Crippen molar-refractivity contribution in [2.75, 3.05) is 5.73 Å². The van der Waals surface area contributed by atoms with Crippen LogP contribution in [0.4, 0.5) is 5.69 Å². The van der Waals surface area contributed by atoms with Crippen molar-refractivity contribution in [3.8, 4) is 11.4 Å². The highest BCUT2D eigenvalue weighted by Crippen LogP contribution is 2.18. The first-order valence-electron chi connectivity index (χ1n) is 6.48. The SMILES string of the molecule is CCCCCCc1nc(-c2cccc(N)c2)no1. The quantitative estimate of drug-likeness (QED) is 0.625. The van der Waals surface area contributed by atoms with Crippen molar-refractivity contribution >= 4 is 5.69 Å². The van der Waals surface area contributed by atoms with Crippen LogP contribution >= 0.6 is 0 Å². The monoisotopic (exact) mass is 245 g/mol. The standard InChI is InChI=1S/C14H19N3O/c1-2-3-4-5-9-13-16-14(17-18-13)11-7-6-8-12(15)10-11/h6-8,10H,2-5,9,15H2,1H3. The van der Waals surface area contributed by atoms with E-state index in [9.17, 15) is 0 Å². The Kier molecular flexibility index (Phi) is 4.34. The highest BCUT2D eigenvalue weighted by atomic mass is 16.5. The van der Waals surface area contributed by atoms with Gasteiger partial charge >= 0.3 is 0 Å². The Labute approximate surface area is 107 Å². The van der Waals surface area contributed by atoms with Gasteiger partial charge in [0, 0.05) is 17.7 Å². The number of unbranched alkanes of at least 4 members (excludes halogenated alkanes) is 3. The zero-order chi connectivity index (χ0) is 12.8. The van der Waals surface area contributed by atoms with E-state index in [2.05, 4.69) is 17.1 Å². The summed E-state index contributed by atoms with van der Waals surface area (Å²) in [5.74, 6) is 1.33. The average Bonchev–Trinajstić information content (AvgIpc) is 2.83. The highest BCUT2D eigenvalue weighted by molar-refractivity contribution is 5.60. The van der Waals surface area contributed by atoms with Gasteiger partial charge in [-0.15, -0.1) is 0 Å². The molecule has 1 aromatic carbocycles. The van der Waals surface area contributed by atoms with Gasteiger partial charge in [-0.1, -0.05) is 43.5 Å². The zero-order valence-corrected chi connectivity index (χ0v) is 10.7. The van der Waals surface area contributed by atoms with Gasteiger partial charge in [0.15, 0.2) is 0 Å². The third kappa shape index (κ3) is 3.32. The van der Waals surface area contributed by atoms with Crippen LogP contribution in [0.5, 0.6) is 0 Å². The van der Waals surface area contributed by atoms with Crippen LogP contribution in [0.15, 0.2) is 28.8 Å². The Morgan fingerprint density at radius 1 is 1.22 bits per heavy atom. The number of nitrogen functional groups attached to an aromatic ring is 1. The van der Waals surface area contributed by atoms with Crippen LogP contribution in [0.2, 0.25) is 0 Å². The molecule has 0 spiro atoms. The summed E-state index contributed by atoms with van der Waals surface area (Å²) in [6.45, 7) is 2.20. The average molecular weight is 245 g/mol. The van der Waals surface area contributed by atoms with Crippen molar-refractivity contribution in [1.29, 1.82) is 0 Å². The normalized spacial score (nSPS) is 10.7. The second-order valence-corrected chi connectivity index (χ2v) is 4.45. The third-order valence-electron chi connectivity index (χ3n) is 2.86. The number of nitrogens with zero attached hydrogens (tertiary/aromatic N) is 2. The molecular weight excluding hydrogens is 226 g/mol. The molecule has 0 unspecified atom stereocenters. The van der Waals surface area contributed by atoms with Crippen LogP contribution in [-0.4, -0.2) is 10.1 Å². The van der Waals surface area contributed by atoms with Gasteiger partial charge in [0.2, 0.25) is 11.7 Å². The fourth-order valence-electron chi connectivity index (χ4n) is 1.85. The van der Waals surface area contributed by atoms with E-state index in [1.54, 1.807) is 0 Å². The molecule has 0 amide bonds. The molecule has 0 aliphatic heterocycles. The predicted octanol–water partition coefficient (Wildman–Crippen LogP) is 3.44. The molecular formula is C14H19N3O. The van der Waals surface area contributed by atoms with E-state index in [1.165, 1.54) is 19.3 Å². The Morgan fingerprint density at radius 2 is 2.11 bits per heavy atom. The van der Waals surface area contributed by atoms with E-state index >= 15 is 0 Å². The summed E-state index contributed by atoms with van der Waals surface area (Å²) < 4.78 is 5.24. The number of anilines is 1. The number of aryl methyl sites for hydroxylation is 1. The number of hydrogen-bond acceptors (Lipinski definition) is 4. The molecule has 2 rings (SSSR count). The summed E-state index contributed by atoms with van der Waals surface area (Å²) in [5.41, 5.74) is 7.34. The topological polar surface area (TPSA) is 64.9 Å². The summed E-state index contributed by atoms with van der Waals surface area (Å²) in [7, 11) is 0. The van der Waals surface area contributed by atoms with Gasteiger partial charge in [-0.25, -0.2) is 0 Å². The first-order valence-corrected chi connectivity index (χ1v) is 6.48. The number of aromatic nitrogens is 2. The maximum atomic E-state index is 5.73. The minimum absolute atomic E-state index is 0.618. The maximum Gasteiger partial charge on any atom is 0.226 e. The Balaban J connectivity index is 1.97. The van der Waals surface area contributed by atoms with E-state index < -0.39 is 0 Å². The largest absolute Gasteiger partial charge is 0.399 e. The Hall–Kier alpha value is -1.84. The van der Waals surface area contributed by atoms with Crippen LogP contribution in [0.3, 0.4) is 0 Å². The molecule has 1 aromatic heterocycles. The lowest BCUT2D eigenvalue weighted by atomic mass is 10.1. The molecule has 0 bridgehead atoms. The number of rotatable bonds is 6. The molecule has 4 heteroatoms.